The molecule has 16 heteroatoms. The summed E-state index contributed by atoms with van der Waals surface area (Å²) in [6, 6.07) is 18.9. The molecule has 5 heterocycles. The lowest BCUT2D eigenvalue weighted by Gasteiger charge is -2.31. The molecule has 59 heavy (non-hydrogen) atoms. The van der Waals surface area contributed by atoms with Crippen LogP contribution in [0.4, 0.5) is 10.2 Å². The van der Waals surface area contributed by atoms with Crippen LogP contribution in [0.1, 0.15) is 42.6 Å². The van der Waals surface area contributed by atoms with E-state index in [0.29, 0.717) is 71.4 Å². The number of nitrogens with two attached hydrogens (primary N) is 1. The number of ether oxygens (including phenoxy) is 2. The van der Waals surface area contributed by atoms with E-state index < -0.39 is 11.4 Å². The van der Waals surface area contributed by atoms with Gasteiger partial charge in [-0.3, -0.25) is 9.59 Å². The first-order valence-corrected chi connectivity index (χ1v) is 18.9. The van der Waals surface area contributed by atoms with Gasteiger partial charge in [0.05, 0.1) is 37.3 Å². The molecule has 1 saturated heterocycles. The molecule has 6 aromatic rings. The Morgan fingerprint density at radius 2 is 1.66 bits per heavy atom. The first-order valence-electron chi connectivity index (χ1n) is 18.9. The van der Waals surface area contributed by atoms with E-state index in [-0.39, 0.29) is 59.6 Å². The topological polar surface area (TPSA) is 209 Å². The molecule has 306 valence electrons. The minimum Gasteiger partial charge on any atom is -0.507 e. The van der Waals surface area contributed by atoms with Crippen molar-refractivity contribution >= 4 is 74.0 Å². The van der Waals surface area contributed by atoms with Crippen molar-refractivity contribution in [1.82, 2.24) is 25.6 Å². The molecule has 0 aliphatic carbocycles. The predicted octanol–water partition coefficient (Wildman–Crippen LogP) is 5.85. The number of phenols is 1. The van der Waals surface area contributed by atoms with Crippen LogP contribution in [-0.4, -0.2) is 88.2 Å². The van der Waals surface area contributed by atoms with Crippen molar-refractivity contribution in [2.45, 2.75) is 38.3 Å². The van der Waals surface area contributed by atoms with E-state index >= 15 is 0 Å². The number of fused-ring (bicyclic) bond motifs is 5. The Balaban J connectivity index is 0.000000179. The van der Waals surface area contributed by atoms with Gasteiger partial charge < -0.3 is 46.4 Å². The van der Waals surface area contributed by atoms with E-state index in [1.807, 2.05) is 36.4 Å². The van der Waals surface area contributed by atoms with Crippen molar-refractivity contribution in [2.75, 3.05) is 39.2 Å². The van der Waals surface area contributed by atoms with Crippen LogP contribution >= 0.6 is 12.4 Å². The fourth-order valence-electron chi connectivity index (χ4n) is 7.96. The third kappa shape index (κ3) is 7.83. The Hall–Kier alpha value is -6.29. The Morgan fingerprint density at radius 1 is 0.898 bits per heavy atom. The smallest absolute Gasteiger partial charge is 0.251 e. The highest BCUT2D eigenvalue weighted by atomic mass is 35.5. The third-order valence-corrected chi connectivity index (χ3v) is 10.9. The Bertz CT molecular complexity index is 2710. The second kappa shape index (κ2) is 16.2. The first kappa shape index (κ1) is 40.9. The number of amides is 1. The maximum Gasteiger partial charge on any atom is 0.251 e. The quantitative estimate of drug-likeness (QED) is 0.0992. The Kier molecular flexibility index (Phi) is 11.2. The molecule has 14 nitrogen and oxygen atoms in total. The number of aromatic hydroxyl groups is 1. The number of benzene rings is 4. The fraction of sp³-hybridized carbons (Fsp3) is 0.279. The van der Waals surface area contributed by atoms with Gasteiger partial charge in [0, 0.05) is 70.4 Å². The molecule has 0 saturated carbocycles. The number of allylic oxidation sites excluding steroid dienone is 1. The van der Waals surface area contributed by atoms with Crippen molar-refractivity contribution in [1.29, 1.82) is 0 Å². The van der Waals surface area contributed by atoms with Gasteiger partial charge in [-0.25, -0.2) is 19.4 Å². The number of carbonyl (C=O) groups is 2. The summed E-state index contributed by atoms with van der Waals surface area (Å²) in [6.45, 7) is 5.31. The average Bonchev–Trinajstić information content (AvgIpc) is 3.89. The van der Waals surface area contributed by atoms with Crippen LogP contribution in [0.3, 0.4) is 0 Å². The summed E-state index contributed by atoms with van der Waals surface area (Å²) in [5, 5.41) is 33.3. The van der Waals surface area contributed by atoms with Crippen LogP contribution in [-0.2, 0) is 4.79 Å². The van der Waals surface area contributed by atoms with Crippen LogP contribution in [0.5, 0.6) is 17.2 Å². The highest BCUT2D eigenvalue weighted by molar-refractivity contribution is 6.19. The summed E-state index contributed by atoms with van der Waals surface area (Å²) in [7, 11) is 3.07. The van der Waals surface area contributed by atoms with Crippen molar-refractivity contribution < 1.29 is 33.7 Å². The van der Waals surface area contributed by atoms with Gasteiger partial charge in [-0.1, -0.05) is 18.2 Å². The van der Waals surface area contributed by atoms with Gasteiger partial charge in [-0.2, -0.15) is 0 Å². The van der Waals surface area contributed by atoms with Gasteiger partial charge in [-0.05, 0) is 73.9 Å². The third-order valence-electron chi connectivity index (χ3n) is 10.9. The van der Waals surface area contributed by atoms with E-state index in [0.717, 1.165) is 32.9 Å². The SMILES string of the molecule is COc1cc2nc(-c3cc(F)ccc3O)nc(NC3CNC[C@H]3C(C)(C)O)c2cc1OC.Cl.NC1=NC(=C2CCNC(=O)c3cc4[nH]c5ccccc5c4cc32)C(=O)C1. The second-order valence-electron chi connectivity index (χ2n) is 15.1. The molecular weight excluding hydrogens is 779 g/mol. The maximum atomic E-state index is 13.9. The summed E-state index contributed by atoms with van der Waals surface area (Å²) < 4.78 is 24.8. The number of nitrogens with one attached hydrogen (secondary N) is 4. The van der Waals surface area contributed by atoms with E-state index in [1.165, 1.54) is 25.3 Å². The zero-order valence-corrected chi connectivity index (χ0v) is 33.6. The number of carbonyl (C=O) groups excluding carboxylic acids is 2. The largest absolute Gasteiger partial charge is 0.507 e. The van der Waals surface area contributed by atoms with E-state index in [2.05, 4.69) is 35.9 Å². The van der Waals surface area contributed by atoms with Crippen molar-refractivity contribution in [3.05, 3.63) is 89.4 Å². The number of Topliss-reactive ketones (excluding diaryl/α,β-unsaturated/α-hetero) is 1. The van der Waals surface area contributed by atoms with E-state index in [1.54, 1.807) is 33.1 Å². The average molecular weight is 823 g/mol. The standard InChI is InChI=1S/C23H27FN4O4.C20H16N4O2.ClH/c1-23(2,30)15-10-25-11-17(15)27-21-13-8-19(31-3)20(32-4)9-16(13)26-22(28-21)14-7-12(24)5-6-18(14)29;21-18-9-17(25)19(24-18)11-5-6-22-20(26)14-8-16-13(7-12(11)14)10-3-1-2-4-15(10)23-16;/h5-9,15,17,25,29-30H,10-11H2,1-4H3,(H,26,27,28);1-4,7-8,23H,5-6,9H2,(H2,21,24)(H,22,26);1H/t15-,17?;;/m1../s1. The molecule has 0 bridgehead atoms. The van der Waals surface area contributed by atoms with Crippen LogP contribution in [0.25, 0.3) is 49.7 Å². The number of aliphatic hydroxyl groups is 1. The normalized spacial score (nSPS) is 19.1. The van der Waals surface area contributed by atoms with Gasteiger partial charge in [0.1, 0.15) is 28.9 Å². The van der Waals surface area contributed by atoms with Gasteiger partial charge in [0.15, 0.2) is 23.1 Å². The van der Waals surface area contributed by atoms with Crippen molar-refractivity contribution in [3.8, 4) is 28.6 Å². The number of amidine groups is 1. The van der Waals surface area contributed by atoms with Crippen LogP contribution < -0.4 is 31.2 Å². The van der Waals surface area contributed by atoms with Crippen molar-refractivity contribution in [3.63, 3.8) is 0 Å². The molecule has 4 aromatic carbocycles. The number of anilines is 1. The summed E-state index contributed by atoms with van der Waals surface area (Å²) in [5.74, 6) is 1.03. The molecule has 8 N–H and O–H groups in total. The number of hydrogen-bond donors (Lipinski definition) is 7. The Labute approximate surface area is 344 Å². The molecule has 3 aliphatic rings. The monoisotopic (exact) mass is 822 g/mol. The fourth-order valence-corrected chi connectivity index (χ4v) is 7.96. The predicted molar refractivity (Wildman–Crippen MR) is 228 cm³/mol. The highest BCUT2D eigenvalue weighted by Crippen LogP contribution is 2.39. The number of aromatic nitrogens is 3. The van der Waals surface area contributed by atoms with Gasteiger partial charge in [0.2, 0.25) is 0 Å². The molecule has 9 rings (SSSR count). The zero-order chi connectivity index (χ0) is 40.9. The number of rotatable bonds is 6. The zero-order valence-electron chi connectivity index (χ0n) is 32.8. The minimum absolute atomic E-state index is 0. The number of nitrogens with zero attached hydrogens (tertiary/aromatic N) is 3. The van der Waals surface area contributed by atoms with Crippen LogP contribution in [0, 0.1) is 11.7 Å². The number of phenolic OH excluding ortho intramolecular Hbond substituents is 1. The van der Waals surface area contributed by atoms with Gasteiger partial charge >= 0.3 is 0 Å². The lowest BCUT2D eigenvalue weighted by atomic mass is 9.87. The first-order chi connectivity index (χ1) is 27.8. The molecular formula is C43H44ClFN8O6. The van der Waals surface area contributed by atoms with E-state index in [4.69, 9.17) is 15.2 Å². The molecule has 1 fully saturated rings. The van der Waals surface area contributed by atoms with Crippen LogP contribution in [0.2, 0.25) is 0 Å². The van der Waals surface area contributed by atoms with Crippen LogP contribution in [0.15, 0.2) is 77.4 Å². The summed E-state index contributed by atoms with van der Waals surface area (Å²) >= 11 is 0. The molecule has 3 aliphatic heterocycles. The Morgan fingerprint density at radius 3 is 2.39 bits per heavy atom. The lowest BCUT2D eigenvalue weighted by molar-refractivity contribution is -0.114. The van der Waals surface area contributed by atoms with Gasteiger partial charge in [0.25, 0.3) is 5.91 Å². The molecule has 1 unspecified atom stereocenters. The molecule has 0 radical (unpaired) electrons. The molecule has 0 spiro atoms. The molecule has 1 amide bonds. The van der Waals surface area contributed by atoms with Gasteiger partial charge in [-0.15, -0.1) is 12.4 Å². The summed E-state index contributed by atoms with van der Waals surface area (Å²) in [4.78, 5) is 41.7. The lowest BCUT2D eigenvalue weighted by Crippen LogP contribution is -2.42. The number of halogens is 2. The summed E-state index contributed by atoms with van der Waals surface area (Å²) in [6.07, 6.45) is 0.690. The molecule has 2 aromatic heterocycles. The van der Waals surface area contributed by atoms with Crippen molar-refractivity contribution in [2.24, 2.45) is 16.6 Å². The number of methoxy groups -OCH3 is 2. The number of hydrogen-bond acceptors (Lipinski definition) is 12. The maximum absolute atomic E-state index is 13.9. The summed E-state index contributed by atoms with van der Waals surface area (Å²) in [5.41, 5.74) is 9.96. The number of ketones is 1. The highest BCUT2D eigenvalue weighted by Gasteiger charge is 2.38. The van der Waals surface area contributed by atoms with E-state index in [9.17, 15) is 24.2 Å². The number of aromatic amines is 1. The number of para-hydroxylation sites is 1. The molecule has 2 atom stereocenters. The second-order valence-corrected chi connectivity index (χ2v) is 15.1. The number of aliphatic imine (C=N–C) groups is 1. The minimum atomic E-state index is -0.908. The number of H-pyrrole nitrogens is 1.